The van der Waals surface area contributed by atoms with Crippen LogP contribution in [-0.4, -0.2) is 46.9 Å². The van der Waals surface area contributed by atoms with E-state index in [2.05, 4.69) is 42.0 Å². The Hall–Kier alpha value is -2.33. The minimum absolute atomic E-state index is 0.288. The van der Waals surface area contributed by atoms with Gasteiger partial charge in [-0.2, -0.15) is 5.10 Å². The van der Waals surface area contributed by atoms with E-state index in [4.69, 9.17) is 5.10 Å². The summed E-state index contributed by atoms with van der Waals surface area (Å²) < 4.78 is 0. The zero-order chi connectivity index (χ0) is 17.8. The summed E-state index contributed by atoms with van der Waals surface area (Å²) in [6.45, 7) is 11.3. The number of hydrogen-bond donors (Lipinski definition) is 1. The van der Waals surface area contributed by atoms with Gasteiger partial charge in [-0.1, -0.05) is 23.8 Å². The molecular weight excluding hydrogens is 310 g/mol. The summed E-state index contributed by atoms with van der Waals surface area (Å²) in [7, 11) is 0. The average Bonchev–Trinajstić information content (AvgIpc) is 2.59. The van der Waals surface area contributed by atoms with Crippen LogP contribution in [0.25, 0.3) is 0 Å². The van der Waals surface area contributed by atoms with E-state index in [0.29, 0.717) is 0 Å². The van der Waals surface area contributed by atoms with Crippen molar-refractivity contribution in [1.82, 2.24) is 9.91 Å². The van der Waals surface area contributed by atoms with Crippen LogP contribution < -0.4 is 0 Å². The summed E-state index contributed by atoms with van der Waals surface area (Å²) in [6.07, 6.45) is 0. The standard InChI is InChI=1S/C21H27N3O/c1-16-4-5-20(17(2)14-16)15-23-10-12-24(13-11-23)22-18(3)19-6-8-21(25)9-7-19/h4-9,14,25H,10-13,15H2,1-3H3. The first kappa shape index (κ1) is 17.5. The topological polar surface area (TPSA) is 39.1 Å². The second-order valence-electron chi connectivity index (χ2n) is 6.89. The largest absolute Gasteiger partial charge is 0.508 e. The number of hydrazone groups is 1. The van der Waals surface area contributed by atoms with Crippen LogP contribution in [0.1, 0.15) is 29.2 Å². The number of nitrogens with zero attached hydrogens (tertiary/aromatic N) is 3. The van der Waals surface area contributed by atoms with Crippen LogP contribution in [0.2, 0.25) is 0 Å². The van der Waals surface area contributed by atoms with Crippen LogP contribution in [0.15, 0.2) is 47.6 Å². The lowest BCUT2D eigenvalue weighted by Gasteiger charge is -2.33. The van der Waals surface area contributed by atoms with Crippen molar-refractivity contribution in [3.63, 3.8) is 0 Å². The number of phenols is 1. The molecule has 1 aliphatic heterocycles. The fourth-order valence-corrected chi connectivity index (χ4v) is 3.23. The van der Waals surface area contributed by atoms with Gasteiger partial charge in [-0.05, 0) is 61.7 Å². The van der Waals surface area contributed by atoms with Crippen LogP contribution in [0.4, 0.5) is 0 Å². The summed E-state index contributed by atoms with van der Waals surface area (Å²) in [4.78, 5) is 2.50. The summed E-state index contributed by atoms with van der Waals surface area (Å²) in [5.74, 6) is 0.288. The predicted octanol–water partition coefficient (Wildman–Crippen LogP) is 3.55. The van der Waals surface area contributed by atoms with Crippen molar-refractivity contribution in [1.29, 1.82) is 0 Å². The molecule has 0 aliphatic carbocycles. The minimum atomic E-state index is 0.288. The molecule has 0 saturated carbocycles. The molecule has 25 heavy (non-hydrogen) atoms. The number of rotatable bonds is 4. The Labute approximate surface area is 150 Å². The Morgan fingerprint density at radius 3 is 2.32 bits per heavy atom. The summed E-state index contributed by atoms with van der Waals surface area (Å²) >= 11 is 0. The van der Waals surface area contributed by atoms with Crippen LogP contribution in [0.5, 0.6) is 5.75 Å². The van der Waals surface area contributed by atoms with Gasteiger partial charge in [-0.15, -0.1) is 0 Å². The second-order valence-corrected chi connectivity index (χ2v) is 6.89. The number of piperazine rings is 1. The Morgan fingerprint density at radius 2 is 1.68 bits per heavy atom. The third-order valence-electron chi connectivity index (χ3n) is 4.82. The third kappa shape index (κ3) is 4.60. The van der Waals surface area contributed by atoms with Crippen molar-refractivity contribution in [3.8, 4) is 5.75 Å². The first-order chi connectivity index (χ1) is 12.0. The maximum Gasteiger partial charge on any atom is 0.115 e. The highest BCUT2D eigenvalue weighted by Crippen LogP contribution is 2.15. The van der Waals surface area contributed by atoms with Crippen molar-refractivity contribution >= 4 is 5.71 Å². The lowest BCUT2D eigenvalue weighted by atomic mass is 10.1. The molecule has 1 fully saturated rings. The molecule has 2 aromatic carbocycles. The van der Waals surface area contributed by atoms with E-state index in [-0.39, 0.29) is 5.75 Å². The van der Waals surface area contributed by atoms with Crippen LogP contribution in [0.3, 0.4) is 0 Å². The fourth-order valence-electron chi connectivity index (χ4n) is 3.23. The minimum Gasteiger partial charge on any atom is -0.508 e. The van der Waals surface area contributed by atoms with E-state index in [0.717, 1.165) is 44.0 Å². The van der Waals surface area contributed by atoms with Gasteiger partial charge >= 0.3 is 0 Å². The molecule has 1 aliphatic rings. The van der Waals surface area contributed by atoms with Gasteiger partial charge in [0, 0.05) is 32.7 Å². The van der Waals surface area contributed by atoms with Crippen LogP contribution in [0, 0.1) is 13.8 Å². The monoisotopic (exact) mass is 337 g/mol. The average molecular weight is 337 g/mol. The summed E-state index contributed by atoms with van der Waals surface area (Å²) in [6, 6.07) is 13.9. The van der Waals surface area contributed by atoms with Gasteiger partial charge in [-0.25, -0.2) is 0 Å². The van der Waals surface area contributed by atoms with Gasteiger partial charge in [0.1, 0.15) is 5.75 Å². The molecule has 2 aromatic rings. The molecule has 0 unspecified atom stereocenters. The molecule has 1 saturated heterocycles. The molecule has 0 bridgehead atoms. The van der Waals surface area contributed by atoms with Crippen molar-refractivity contribution in [2.24, 2.45) is 5.10 Å². The van der Waals surface area contributed by atoms with E-state index in [1.165, 1.54) is 16.7 Å². The summed E-state index contributed by atoms with van der Waals surface area (Å²) in [5, 5.41) is 16.3. The van der Waals surface area contributed by atoms with E-state index in [1.807, 2.05) is 19.1 Å². The lowest BCUT2D eigenvalue weighted by Crippen LogP contribution is -2.43. The molecule has 0 radical (unpaired) electrons. The second kappa shape index (κ2) is 7.70. The molecule has 1 N–H and O–H groups in total. The number of benzene rings is 2. The normalized spacial score (nSPS) is 16.3. The predicted molar refractivity (Wildman–Crippen MR) is 103 cm³/mol. The molecule has 3 rings (SSSR count). The van der Waals surface area contributed by atoms with Gasteiger partial charge < -0.3 is 5.11 Å². The molecular formula is C21H27N3O. The molecule has 1 heterocycles. The Morgan fingerprint density at radius 1 is 1.00 bits per heavy atom. The Balaban J connectivity index is 1.56. The highest BCUT2D eigenvalue weighted by Gasteiger charge is 2.16. The van der Waals surface area contributed by atoms with E-state index >= 15 is 0 Å². The van der Waals surface area contributed by atoms with Crippen molar-refractivity contribution in [3.05, 3.63) is 64.7 Å². The molecule has 0 spiro atoms. The Kier molecular flexibility index (Phi) is 5.39. The van der Waals surface area contributed by atoms with Crippen LogP contribution in [-0.2, 0) is 6.54 Å². The highest BCUT2D eigenvalue weighted by molar-refractivity contribution is 5.98. The van der Waals surface area contributed by atoms with E-state index in [1.54, 1.807) is 12.1 Å². The zero-order valence-corrected chi connectivity index (χ0v) is 15.4. The maximum absolute atomic E-state index is 9.39. The van der Waals surface area contributed by atoms with E-state index in [9.17, 15) is 5.11 Å². The molecule has 0 atom stereocenters. The van der Waals surface area contributed by atoms with Gasteiger partial charge in [0.05, 0.1) is 5.71 Å². The first-order valence-corrected chi connectivity index (χ1v) is 8.89. The highest BCUT2D eigenvalue weighted by atomic mass is 16.3. The number of aryl methyl sites for hydroxylation is 2. The molecule has 132 valence electrons. The fraction of sp³-hybridized carbons (Fsp3) is 0.381. The zero-order valence-electron chi connectivity index (χ0n) is 15.4. The van der Waals surface area contributed by atoms with Crippen molar-refractivity contribution < 1.29 is 5.11 Å². The number of aromatic hydroxyl groups is 1. The van der Waals surface area contributed by atoms with Gasteiger partial charge in [-0.3, -0.25) is 9.91 Å². The third-order valence-corrected chi connectivity index (χ3v) is 4.82. The van der Waals surface area contributed by atoms with Gasteiger partial charge in [0.15, 0.2) is 0 Å². The molecule has 4 nitrogen and oxygen atoms in total. The molecule has 4 heteroatoms. The maximum atomic E-state index is 9.39. The van der Waals surface area contributed by atoms with Crippen molar-refractivity contribution in [2.45, 2.75) is 27.3 Å². The lowest BCUT2D eigenvalue weighted by molar-refractivity contribution is 0.130. The number of phenolic OH excluding ortho intramolecular Hbond substituents is 1. The van der Waals surface area contributed by atoms with Crippen molar-refractivity contribution in [2.75, 3.05) is 26.2 Å². The van der Waals surface area contributed by atoms with Crippen LogP contribution >= 0.6 is 0 Å². The molecule has 0 aromatic heterocycles. The van der Waals surface area contributed by atoms with E-state index < -0.39 is 0 Å². The summed E-state index contributed by atoms with van der Waals surface area (Å²) in [5.41, 5.74) is 6.16. The Bertz CT molecular complexity index is 744. The quantitative estimate of drug-likeness (QED) is 0.867. The molecule has 0 amide bonds. The first-order valence-electron chi connectivity index (χ1n) is 8.89. The SMILES string of the molecule is CC(=NN1CCN(Cc2ccc(C)cc2C)CC1)c1ccc(O)cc1. The number of hydrogen-bond acceptors (Lipinski definition) is 4. The smallest absolute Gasteiger partial charge is 0.115 e. The van der Waals surface area contributed by atoms with Gasteiger partial charge in [0.2, 0.25) is 0 Å². The van der Waals surface area contributed by atoms with Gasteiger partial charge in [0.25, 0.3) is 0 Å².